The Morgan fingerprint density at radius 1 is 0.769 bits per heavy atom. The van der Waals surface area contributed by atoms with Gasteiger partial charge in [0.2, 0.25) is 16.8 Å². The van der Waals surface area contributed by atoms with E-state index in [1.165, 1.54) is 10.4 Å². The molecule has 0 saturated carbocycles. The van der Waals surface area contributed by atoms with Crippen LogP contribution in [0.4, 0.5) is 0 Å². The van der Waals surface area contributed by atoms with Crippen LogP contribution in [0.25, 0.3) is 0 Å². The Morgan fingerprint density at radius 2 is 1.15 bits per heavy atom. The van der Waals surface area contributed by atoms with Gasteiger partial charge in [0.05, 0.1) is 0 Å². The third-order valence-electron chi connectivity index (χ3n) is 5.78. The smallest absolute Gasteiger partial charge is 0.219 e. The van der Waals surface area contributed by atoms with Crippen molar-refractivity contribution in [3.63, 3.8) is 0 Å². The summed E-state index contributed by atoms with van der Waals surface area (Å²) in [6.07, 6.45) is 0. The quantitative estimate of drug-likeness (QED) is 0.502. The molecular formula is C18H28Cl2N2Si4. The highest BCUT2D eigenvalue weighted by atomic mass is 35.5. The van der Waals surface area contributed by atoms with Crippen molar-refractivity contribution >= 4 is 68.3 Å². The first-order valence-electron chi connectivity index (χ1n) is 9.24. The van der Waals surface area contributed by atoms with E-state index < -0.39 is 34.4 Å². The lowest BCUT2D eigenvalue weighted by atomic mass is 10.4. The first-order chi connectivity index (χ1) is 12.2. The number of nitrogens with zero attached hydrogens (tertiary/aromatic N) is 2. The van der Waals surface area contributed by atoms with Crippen LogP contribution in [0.2, 0.25) is 37.5 Å². The van der Waals surface area contributed by atoms with Gasteiger partial charge in [-0.15, -0.1) is 0 Å². The number of benzene rings is 2. The van der Waals surface area contributed by atoms with E-state index in [1.54, 1.807) is 0 Å². The zero-order valence-electron chi connectivity index (χ0n) is 16.2. The highest BCUT2D eigenvalue weighted by Gasteiger charge is 2.68. The summed E-state index contributed by atoms with van der Waals surface area (Å²) in [6, 6.07) is 22.2. The second kappa shape index (κ2) is 7.67. The molecule has 0 amide bonds. The molecular weight excluding hydrogens is 427 g/mol. The van der Waals surface area contributed by atoms with Crippen molar-refractivity contribution in [1.29, 1.82) is 0 Å². The van der Waals surface area contributed by atoms with Crippen molar-refractivity contribution < 1.29 is 0 Å². The van der Waals surface area contributed by atoms with Gasteiger partial charge in [0.15, 0.2) is 0 Å². The number of rotatable bonds is 5. The number of hydrogen-bond donors (Lipinski definition) is 0. The molecule has 1 fully saturated rings. The molecule has 1 aliphatic rings. The van der Waals surface area contributed by atoms with E-state index in [2.05, 4.69) is 101 Å². The Hall–Kier alpha value is -0.192. The van der Waals surface area contributed by atoms with Crippen LogP contribution in [0.1, 0.15) is 0 Å². The molecule has 1 atom stereocenters. The Kier molecular flexibility index (Phi) is 6.06. The fourth-order valence-corrected chi connectivity index (χ4v) is 38.8. The molecule has 2 nitrogen and oxygen atoms in total. The maximum Gasteiger partial charge on any atom is 0.219 e. The maximum atomic E-state index is 6.98. The molecule has 0 aromatic heterocycles. The molecule has 0 radical (unpaired) electrons. The van der Waals surface area contributed by atoms with Crippen molar-refractivity contribution in [2.75, 3.05) is 0 Å². The van der Waals surface area contributed by atoms with Crippen LogP contribution < -0.4 is 10.4 Å². The van der Waals surface area contributed by atoms with Crippen molar-refractivity contribution in [2.24, 2.45) is 0 Å². The Morgan fingerprint density at radius 3 is 1.50 bits per heavy atom. The van der Waals surface area contributed by atoms with Crippen LogP contribution in [-0.4, -0.2) is 41.9 Å². The molecule has 0 spiro atoms. The van der Waals surface area contributed by atoms with Gasteiger partial charge in [0, 0.05) is 8.80 Å². The van der Waals surface area contributed by atoms with Gasteiger partial charge >= 0.3 is 0 Å². The minimum atomic E-state index is -2.08. The van der Waals surface area contributed by atoms with Gasteiger partial charge < -0.3 is 0 Å². The second-order valence-corrected chi connectivity index (χ2v) is 26.9. The summed E-state index contributed by atoms with van der Waals surface area (Å²) in [5.41, 5.74) is 0. The van der Waals surface area contributed by atoms with Gasteiger partial charge in [-0.05, 0) is 48.0 Å². The largest absolute Gasteiger partial charge is 0.234 e. The molecule has 1 heterocycles. The van der Waals surface area contributed by atoms with Crippen LogP contribution in [0, 0.1) is 0 Å². The summed E-state index contributed by atoms with van der Waals surface area (Å²) >= 11 is 14.0. The normalized spacial score (nSPS) is 21.0. The van der Waals surface area contributed by atoms with E-state index in [1.807, 2.05) is 0 Å². The predicted molar refractivity (Wildman–Crippen MR) is 126 cm³/mol. The van der Waals surface area contributed by atoms with Gasteiger partial charge in [-0.2, -0.15) is 0 Å². The van der Waals surface area contributed by atoms with Crippen molar-refractivity contribution in [1.82, 2.24) is 7.50 Å². The Bertz CT molecular complexity index is 694. The summed E-state index contributed by atoms with van der Waals surface area (Å²) in [7, 11) is -6.39. The van der Waals surface area contributed by atoms with Crippen LogP contribution in [-0.2, 0) is 0 Å². The van der Waals surface area contributed by atoms with Crippen molar-refractivity contribution in [3.8, 4) is 0 Å². The summed E-state index contributed by atoms with van der Waals surface area (Å²) in [5.74, 6) is 0. The highest BCUT2D eigenvalue weighted by Crippen LogP contribution is 2.49. The minimum absolute atomic E-state index is 0.655. The standard InChI is InChI=1S/C18H28Cl2N2Si4/c1-23(2)18(26(5)21(19)25(3,4)22(26)20)24(16-12-8-6-9-13-16)17-14-10-7-11-15-17/h6-15,18,23-24H,1-5H3. The van der Waals surface area contributed by atoms with Crippen LogP contribution in [0.3, 0.4) is 0 Å². The third kappa shape index (κ3) is 3.24. The number of halogens is 2. The molecule has 26 heavy (non-hydrogen) atoms. The molecule has 1 aliphatic heterocycles. The first kappa shape index (κ1) is 20.5. The molecule has 0 N–H and O–H groups in total. The van der Waals surface area contributed by atoms with E-state index in [4.69, 9.17) is 23.6 Å². The minimum Gasteiger partial charge on any atom is -0.234 e. The fourth-order valence-electron chi connectivity index (χ4n) is 4.74. The van der Waals surface area contributed by atoms with Crippen LogP contribution in [0.15, 0.2) is 60.7 Å². The topological polar surface area (TPSA) is 6.48 Å². The lowest BCUT2D eigenvalue weighted by molar-refractivity contribution is 0.658. The molecule has 0 bridgehead atoms. The predicted octanol–water partition coefficient (Wildman–Crippen LogP) is 3.66. The Labute approximate surface area is 173 Å². The molecule has 140 valence electrons. The summed E-state index contributed by atoms with van der Waals surface area (Å²) < 4.78 is 4.49. The van der Waals surface area contributed by atoms with Gasteiger partial charge in [-0.3, -0.25) is 0 Å². The van der Waals surface area contributed by atoms with Crippen LogP contribution in [0.5, 0.6) is 0 Å². The van der Waals surface area contributed by atoms with E-state index >= 15 is 0 Å². The van der Waals surface area contributed by atoms with Gasteiger partial charge in [-0.1, -0.05) is 84.1 Å². The van der Waals surface area contributed by atoms with E-state index in [9.17, 15) is 0 Å². The van der Waals surface area contributed by atoms with Crippen LogP contribution >= 0.6 is 23.6 Å². The second-order valence-electron chi connectivity index (χ2n) is 8.22. The van der Waals surface area contributed by atoms with Gasteiger partial charge in [-0.25, -0.2) is 7.50 Å². The molecule has 1 saturated heterocycles. The van der Waals surface area contributed by atoms with E-state index in [0.717, 1.165) is 0 Å². The maximum absolute atomic E-state index is 6.98. The van der Waals surface area contributed by atoms with Gasteiger partial charge in [0.25, 0.3) is 0 Å². The molecule has 1 unspecified atom stereocenters. The van der Waals surface area contributed by atoms with E-state index in [-0.39, 0.29) is 0 Å². The summed E-state index contributed by atoms with van der Waals surface area (Å²) in [5, 5.41) is 3.03. The van der Waals surface area contributed by atoms with Crippen molar-refractivity contribution in [2.45, 2.75) is 37.5 Å². The molecule has 8 heteroatoms. The highest BCUT2D eigenvalue weighted by molar-refractivity contribution is 7.21. The molecule has 0 aliphatic carbocycles. The third-order valence-corrected chi connectivity index (χ3v) is 35.7. The lowest BCUT2D eigenvalue weighted by Crippen LogP contribution is -2.89. The SMILES string of the molecule is C[SiH](C)C([SiH](c1ccccc1)c1ccccc1)[Si]1(C)N(Cl)[Si](C)(C)N1Cl. The summed E-state index contributed by atoms with van der Waals surface area (Å²) in [6.45, 7) is 11.9. The molecule has 3 rings (SSSR count). The van der Waals surface area contributed by atoms with Crippen molar-refractivity contribution in [3.05, 3.63) is 60.7 Å². The average Bonchev–Trinajstić information content (AvgIpc) is 2.65. The zero-order chi connectivity index (χ0) is 19.1. The number of hydrogen-bond acceptors (Lipinski definition) is 2. The first-order valence-corrected chi connectivity index (χ1v) is 20.1. The van der Waals surface area contributed by atoms with Gasteiger partial charge in [0.1, 0.15) is 8.80 Å². The summed E-state index contributed by atoms with van der Waals surface area (Å²) in [4.78, 5) is 0.655. The fraction of sp³-hybridized carbons (Fsp3) is 0.333. The lowest BCUT2D eigenvalue weighted by Gasteiger charge is -2.65. The Balaban J connectivity index is 2.14. The molecule has 2 aromatic carbocycles. The average molecular weight is 456 g/mol. The monoisotopic (exact) mass is 454 g/mol. The van der Waals surface area contributed by atoms with E-state index in [0.29, 0.717) is 4.79 Å². The zero-order valence-corrected chi connectivity index (χ0v) is 22.0. The molecule has 2 aromatic rings.